The lowest BCUT2D eigenvalue weighted by Gasteiger charge is -2.07. The average molecular weight is 211 g/mol. The summed E-state index contributed by atoms with van der Waals surface area (Å²) in [6.45, 7) is 0. The molecular weight excluding hydrogens is 198 g/mol. The van der Waals surface area contributed by atoms with Crippen LogP contribution >= 0.6 is 11.8 Å². The van der Waals surface area contributed by atoms with Crippen LogP contribution in [-0.2, 0) is 5.75 Å². The summed E-state index contributed by atoms with van der Waals surface area (Å²) in [5.41, 5.74) is 0.932. The largest absolute Gasteiger partial charge is 0.468 e. The van der Waals surface area contributed by atoms with Gasteiger partial charge in [-0.05, 0) is 31.4 Å². The highest BCUT2D eigenvalue weighted by molar-refractivity contribution is 7.99. The molecule has 0 spiro atoms. The van der Waals surface area contributed by atoms with Crippen molar-refractivity contribution in [1.29, 1.82) is 0 Å². The van der Waals surface area contributed by atoms with E-state index < -0.39 is 0 Å². The Balaban J connectivity index is 1.86. The van der Waals surface area contributed by atoms with E-state index in [2.05, 4.69) is 5.16 Å². The predicted octanol–water partition coefficient (Wildman–Crippen LogP) is 2.90. The van der Waals surface area contributed by atoms with Crippen LogP contribution in [0.25, 0.3) is 0 Å². The van der Waals surface area contributed by atoms with E-state index in [1.807, 2.05) is 12.1 Å². The first-order valence-corrected chi connectivity index (χ1v) is 5.80. The second-order valence-electron chi connectivity index (χ2n) is 3.36. The standard InChI is InChI=1S/C10H13NO2S/c12-11-9-4-1-5-10(9)14-7-8-3-2-6-13-8/h2-3,6,10,12H,1,4-5,7H2. The molecule has 0 amide bonds. The molecule has 1 atom stereocenters. The summed E-state index contributed by atoms with van der Waals surface area (Å²) in [7, 11) is 0. The Kier molecular flexibility index (Phi) is 3.14. The Morgan fingerprint density at radius 1 is 1.64 bits per heavy atom. The third-order valence-corrected chi connectivity index (χ3v) is 3.77. The number of rotatable bonds is 3. The van der Waals surface area contributed by atoms with Gasteiger partial charge in [0.2, 0.25) is 0 Å². The van der Waals surface area contributed by atoms with Gasteiger partial charge in [0.15, 0.2) is 0 Å². The maximum absolute atomic E-state index is 8.74. The van der Waals surface area contributed by atoms with Gasteiger partial charge < -0.3 is 9.62 Å². The van der Waals surface area contributed by atoms with Crippen LogP contribution in [-0.4, -0.2) is 16.2 Å². The lowest BCUT2D eigenvalue weighted by molar-refractivity contribution is 0.317. The molecule has 1 aromatic heterocycles. The highest BCUT2D eigenvalue weighted by Crippen LogP contribution is 2.29. The lowest BCUT2D eigenvalue weighted by Crippen LogP contribution is -2.09. The number of hydrogen-bond acceptors (Lipinski definition) is 4. The van der Waals surface area contributed by atoms with Gasteiger partial charge in [-0.3, -0.25) is 0 Å². The molecule has 1 aromatic rings. The average Bonchev–Trinajstić information content (AvgIpc) is 2.85. The van der Waals surface area contributed by atoms with Gasteiger partial charge in [-0.2, -0.15) is 0 Å². The Labute approximate surface area is 87.2 Å². The summed E-state index contributed by atoms with van der Waals surface area (Å²) in [5.74, 6) is 1.84. The van der Waals surface area contributed by atoms with E-state index in [4.69, 9.17) is 9.62 Å². The van der Waals surface area contributed by atoms with Crippen molar-refractivity contribution in [2.45, 2.75) is 30.3 Å². The SMILES string of the molecule is ON=C1CCCC1SCc1ccco1. The van der Waals surface area contributed by atoms with Gasteiger partial charge in [0.1, 0.15) is 5.76 Å². The van der Waals surface area contributed by atoms with Gasteiger partial charge in [-0.25, -0.2) is 0 Å². The molecule has 3 nitrogen and oxygen atoms in total. The zero-order chi connectivity index (χ0) is 9.80. The van der Waals surface area contributed by atoms with Crippen molar-refractivity contribution in [2.24, 2.45) is 5.16 Å². The Bertz CT molecular complexity index is 308. The summed E-state index contributed by atoms with van der Waals surface area (Å²) in [4.78, 5) is 0. The first-order chi connectivity index (χ1) is 6.90. The molecule has 0 saturated heterocycles. The zero-order valence-electron chi connectivity index (χ0n) is 7.85. The van der Waals surface area contributed by atoms with E-state index in [-0.39, 0.29) is 0 Å². The Morgan fingerprint density at radius 2 is 2.57 bits per heavy atom. The number of oxime groups is 1. The first-order valence-electron chi connectivity index (χ1n) is 4.75. The summed E-state index contributed by atoms with van der Waals surface area (Å²) in [6, 6.07) is 3.86. The molecule has 0 bridgehead atoms. The first kappa shape index (κ1) is 9.65. The van der Waals surface area contributed by atoms with Crippen LogP contribution < -0.4 is 0 Å². The number of thioether (sulfide) groups is 1. The smallest absolute Gasteiger partial charge is 0.113 e. The van der Waals surface area contributed by atoms with Crippen molar-refractivity contribution in [2.75, 3.05) is 0 Å². The van der Waals surface area contributed by atoms with Gasteiger partial charge in [-0.1, -0.05) is 5.16 Å². The second-order valence-corrected chi connectivity index (χ2v) is 4.55. The minimum atomic E-state index is 0.380. The van der Waals surface area contributed by atoms with Crippen LogP contribution in [0.2, 0.25) is 0 Å². The van der Waals surface area contributed by atoms with Crippen molar-refractivity contribution in [3.8, 4) is 0 Å². The fraction of sp³-hybridized carbons (Fsp3) is 0.500. The molecule has 14 heavy (non-hydrogen) atoms. The fourth-order valence-electron chi connectivity index (χ4n) is 1.67. The van der Waals surface area contributed by atoms with Crippen molar-refractivity contribution < 1.29 is 9.62 Å². The van der Waals surface area contributed by atoms with E-state index >= 15 is 0 Å². The molecule has 0 radical (unpaired) electrons. The molecule has 4 heteroatoms. The molecule has 76 valence electrons. The van der Waals surface area contributed by atoms with Crippen LogP contribution in [0.1, 0.15) is 25.0 Å². The molecule has 2 rings (SSSR count). The zero-order valence-corrected chi connectivity index (χ0v) is 8.67. The second kappa shape index (κ2) is 4.55. The normalized spacial score (nSPS) is 24.6. The molecule has 0 aromatic carbocycles. The summed E-state index contributed by atoms with van der Waals surface area (Å²) in [5, 5.41) is 12.5. The van der Waals surface area contributed by atoms with Crippen molar-refractivity contribution in [3.05, 3.63) is 24.2 Å². The summed E-state index contributed by atoms with van der Waals surface area (Å²) < 4.78 is 5.24. The van der Waals surface area contributed by atoms with Crippen molar-refractivity contribution >= 4 is 17.5 Å². The summed E-state index contributed by atoms with van der Waals surface area (Å²) >= 11 is 1.79. The Hall–Kier alpha value is -0.900. The number of furan rings is 1. The van der Waals surface area contributed by atoms with E-state index in [1.165, 1.54) is 0 Å². The maximum atomic E-state index is 8.74. The van der Waals surface area contributed by atoms with Crippen LogP contribution in [0.15, 0.2) is 28.0 Å². The Morgan fingerprint density at radius 3 is 3.29 bits per heavy atom. The predicted molar refractivity (Wildman–Crippen MR) is 56.9 cm³/mol. The van der Waals surface area contributed by atoms with E-state index in [9.17, 15) is 0 Å². The molecule has 0 aliphatic heterocycles. The number of nitrogens with zero attached hydrogens (tertiary/aromatic N) is 1. The molecule has 1 unspecified atom stereocenters. The van der Waals surface area contributed by atoms with Gasteiger partial charge in [0, 0.05) is 5.25 Å². The minimum absolute atomic E-state index is 0.380. The van der Waals surface area contributed by atoms with Crippen LogP contribution in [0.5, 0.6) is 0 Å². The minimum Gasteiger partial charge on any atom is -0.468 e. The van der Waals surface area contributed by atoms with Crippen LogP contribution in [0, 0.1) is 0 Å². The van der Waals surface area contributed by atoms with Gasteiger partial charge in [-0.15, -0.1) is 11.8 Å². The van der Waals surface area contributed by atoms with E-state index in [0.717, 1.165) is 36.5 Å². The van der Waals surface area contributed by atoms with Crippen molar-refractivity contribution in [1.82, 2.24) is 0 Å². The van der Waals surface area contributed by atoms with Crippen LogP contribution in [0.3, 0.4) is 0 Å². The third-order valence-electron chi connectivity index (χ3n) is 2.41. The van der Waals surface area contributed by atoms with Crippen LogP contribution in [0.4, 0.5) is 0 Å². The maximum Gasteiger partial charge on any atom is 0.113 e. The van der Waals surface area contributed by atoms with E-state index in [0.29, 0.717) is 5.25 Å². The van der Waals surface area contributed by atoms with Gasteiger partial charge in [0.05, 0.1) is 17.7 Å². The molecule has 1 aliphatic rings. The topological polar surface area (TPSA) is 45.7 Å². The highest BCUT2D eigenvalue weighted by atomic mass is 32.2. The van der Waals surface area contributed by atoms with Gasteiger partial charge in [0.25, 0.3) is 0 Å². The monoisotopic (exact) mass is 211 g/mol. The van der Waals surface area contributed by atoms with E-state index in [1.54, 1.807) is 18.0 Å². The molecular formula is C10H13NO2S. The third kappa shape index (κ3) is 2.12. The molecule has 1 aliphatic carbocycles. The quantitative estimate of drug-likeness (QED) is 0.617. The highest BCUT2D eigenvalue weighted by Gasteiger charge is 2.23. The summed E-state index contributed by atoms with van der Waals surface area (Å²) in [6.07, 6.45) is 4.87. The molecule has 1 saturated carbocycles. The number of hydrogen-bond donors (Lipinski definition) is 1. The molecule has 1 heterocycles. The lowest BCUT2D eigenvalue weighted by atomic mass is 10.3. The molecule has 1 fully saturated rings. The fourth-order valence-corrected chi connectivity index (χ4v) is 2.89. The molecule has 1 N–H and O–H groups in total. The van der Waals surface area contributed by atoms with Crippen molar-refractivity contribution in [3.63, 3.8) is 0 Å². The van der Waals surface area contributed by atoms with Gasteiger partial charge >= 0.3 is 0 Å².